The number of aliphatic hydroxyl groups is 2. The van der Waals surface area contributed by atoms with E-state index in [0.717, 1.165) is 0 Å². The van der Waals surface area contributed by atoms with Crippen molar-refractivity contribution < 1.29 is 23.4 Å². The lowest BCUT2D eigenvalue weighted by Crippen LogP contribution is -2.34. The lowest BCUT2D eigenvalue weighted by Gasteiger charge is -2.10. The molecule has 0 fully saturated rings. The molecular formula is C10H15N3O5S. The van der Waals surface area contributed by atoms with Crippen molar-refractivity contribution in [2.45, 2.75) is 11.0 Å². The maximum absolute atomic E-state index is 11.6. The number of primary amides is 1. The molecule has 0 saturated carbocycles. The van der Waals surface area contributed by atoms with Crippen LogP contribution >= 0.6 is 0 Å². The molecule has 0 aromatic heterocycles. The van der Waals surface area contributed by atoms with Crippen LogP contribution in [0.4, 0.5) is 10.5 Å². The number of sulfonamides is 1. The summed E-state index contributed by atoms with van der Waals surface area (Å²) >= 11 is 0. The Morgan fingerprint density at radius 3 is 2.37 bits per heavy atom. The zero-order chi connectivity index (χ0) is 14.5. The van der Waals surface area contributed by atoms with Gasteiger partial charge in [-0.25, -0.2) is 17.9 Å². The Morgan fingerprint density at radius 1 is 1.32 bits per heavy atom. The molecule has 1 aromatic rings. The fourth-order valence-electron chi connectivity index (χ4n) is 1.24. The largest absolute Gasteiger partial charge is 0.394 e. The van der Waals surface area contributed by atoms with Crippen LogP contribution < -0.4 is 15.8 Å². The first-order chi connectivity index (χ1) is 8.85. The van der Waals surface area contributed by atoms with Gasteiger partial charge in [0.25, 0.3) is 10.0 Å². The van der Waals surface area contributed by atoms with Crippen LogP contribution in [-0.2, 0) is 10.0 Å². The maximum Gasteiger partial charge on any atom is 0.326 e. The average Bonchev–Trinajstić information content (AvgIpc) is 2.35. The number of hydrogen-bond donors (Lipinski definition) is 5. The summed E-state index contributed by atoms with van der Waals surface area (Å²) in [6.07, 6.45) is -0.903. The van der Waals surface area contributed by atoms with Gasteiger partial charge in [-0.3, -0.25) is 0 Å². The number of rotatable bonds is 6. The van der Waals surface area contributed by atoms with Crippen molar-refractivity contribution in [2.24, 2.45) is 5.73 Å². The van der Waals surface area contributed by atoms with E-state index in [0.29, 0.717) is 5.69 Å². The third kappa shape index (κ3) is 4.73. The molecule has 19 heavy (non-hydrogen) atoms. The van der Waals surface area contributed by atoms with Crippen LogP contribution in [0.15, 0.2) is 29.2 Å². The highest BCUT2D eigenvalue weighted by molar-refractivity contribution is 7.90. The van der Waals surface area contributed by atoms with Gasteiger partial charge in [0.15, 0.2) is 0 Å². The van der Waals surface area contributed by atoms with Crippen molar-refractivity contribution in [3.05, 3.63) is 24.3 Å². The Labute approximate surface area is 110 Å². The number of hydrogen-bond acceptors (Lipinski definition) is 6. The highest BCUT2D eigenvalue weighted by Crippen LogP contribution is 2.13. The van der Waals surface area contributed by atoms with Crippen LogP contribution in [0.1, 0.15) is 0 Å². The molecule has 0 aliphatic carbocycles. The highest BCUT2D eigenvalue weighted by Gasteiger charge is 2.15. The summed E-state index contributed by atoms with van der Waals surface area (Å²) in [5.74, 6) is 0. The molecule has 6 N–H and O–H groups in total. The summed E-state index contributed by atoms with van der Waals surface area (Å²) < 4.78 is 24.8. The predicted molar refractivity (Wildman–Crippen MR) is 67.9 cm³/mol. The van der Waals surface area contributed by atoms with E-state index >= 15 is 0 Å². The van der Waals surface area contributed by atoms with E-state index in [1.165, 1.54) is 24.3 Å². The second kappa shape index (κ2) is 6.36. The molecular weight excluding hydrogens is 274 g/mol. The number of carbonyl (C=O) groups is 1. The second-order valence-corrected chi connectivity index (χ2v) is 5.39. The van der Waals surface area contributed by atoms with Crippen LogP contribution in [0.25, 0.3) is 0 Å². The normalized spacial score (nSPS) is 12.7. The molecule has 1 atom stereocenters. The molecule has 1 aromatic carbocycles. The zero-order valence-corrected chi connectivity index (χ0v) is 10.7. The summed E-state index contributed by atoms with van der Waals surface area (Å²) in [6.45, 7) is -0.246. The van der Waals surface area contributed by atoms with Gasteiger partial charge in [0.05, 0.1) is 17.6 Å². The van der Waals surface area contributed by atoms with E-state index < -0.39 is 22.2 Å². The van der Waals surface area contributed by atoms with Gasteiger partial charge >= 0.3 is 6.03 Å². The number of urea groups is 1. The minimum Gasteiger partial charge on any atom is -0.394 e. The molecule has 0 heterocycles. The molecule has 2 amide bonds. The summed E-state index contributed by atoms with van der Waals surface area (Å²) in [5, 5.41) is 20.6. The second-order valence-electron chi connectivity index (χ2n) is 3.71. The van der Waals surface area contributed by atoms with Crippen LogP contribution in [-0.4, -0.2) is 43.9 Å². The highest BCUT2D eigenvalue weighted by atomic mass is 32.2. The quantitative estimate of drug-likeness (QED) is 0.446. The zero-order valence-electron chi connectivity index (χ0n) is 9.91. The molecule has 0 saturated heterocycles. The molecule has 8 nitrogen and oxygen atoms in total. The molecule has 1 rings (SSSR count). The van der Waals surface area contributed by atoms with Crippen molar-refractivity contribution >= 4 is 21.7 Å². The third-order valence-corrected chi connectivity index (χ3v) is 3.51. The van der Waals surface area contributed by atoms with Crippen LogP contribution in [0.3, 0.4) is 0 Å². The minimum atomic E-state index is -3.95. The molecule has 1 unspecified atom stereocenters. The van der Waals surface area contributed by atoms with Crippen molar-refractivity contribution in [1.82, 2.24) is 4.72 Å². The Bertz CT molecular complexity index is 529. The first kappa shape index (κ1) is 15.2. The van der Waals surface area contributed by atoms with Gasteiger partial charge < -0.3 is 21.3 Å². The molecule has 0 aliphatic rings. The van der Waals surface area contributed by atoms with Crippen molar-refractivity contribution in [1.29, 1.82) is 0 Å². The average molecular weight is 289 g/mol. The Morgan fingerprint density at radius 2 is 1.89 bits per heavy atom. The van der Waals surface area contributed by atoms with Gasteiger partial charge in [-0.2, -0.15) is 0 Å². The van der Waals surface area contributed by atoms with E-state index in [9.17, 15) is 13.2 Å². The fraction of sp³-hybridized carbons (Fsp3) is 0.300. The van der Waals surface area contributed by atoms with Crippen LogP contribution in [0.2, 0.25) is 0 Å². The fourth-order valence-corrected chi connectivity index (χ4v) is 2.12. The standard InChI is InChI=1S/C10H15N3O5S/c11-10(16)13-19(17,18)9-3-1-7(2-4-9)12-5-8(15)6-14/h1-4,8,12,14-15H,5-6H2,(H3,11,13,16). The first-order valence-electron chi connectivity index (χ1n) is 5.30. The van der Waals surface area contributed by atoms with E-state index in [1.54, 1.807) is 4.72 Å². The number of nitrogens with two attached hydrogens (primary N) is 1. The van der Waals surface area contributed by atoms with E-state index in [1.807, 2.05) is 0 Å². The lowest BCUT2D eigenvalue weighted by atomic mass is 10.3. The Kier molecular flexibility index (Phi) is 5.10. The third-order valence-electron chi connectivity index (χ3n) is 2.15. The Hall–Kier alpha value is -1.84. The van der Waals surface area contributed by atoms with Gasteiger partial charge in [-0.1, -0.05) is 0 Å². The van der Waals surface area contributed by atoms with Crippen molar-refractivity contribution in [3.8, 4) is 0 Å². The summed E-state index contributed by atoms with van der Waals surface area (Å²) in [7, 11) is -3.95. The SMILES string of the molecule is NC(=O)NS(=O)(=O)c1ccc(NCC(O)CO)cc1. The smallest absolute Gasteiger partial charge is 0.326 e. The monoisotopic (exact) mass is 289 g/mol. The summed E-state index contributed by atoms with van der Waals surface area (Å²) in [6, 6.07) is 4.31. The minimum absolute atomic E-state index is 0.112. The molecule has 0 radical (unpaired) electrons. The van der Waals surface area contributed by atoms with Crippen LogP contribution in [0, 0.1) is 0 Å². The molecule has 0 bridgehead atoms. The number of anilines is 1. The van der Waals surface area contributed by atoms with Gasteiger partial charge in [-0.05, 0) is 24.3 Å². The molecule has 106 valence electrons. The first-order valence-corrected chi connectivity index (χ1v) is 6.78. The molecule has 9 heteroatoms. The van der Waals surface area contributed by atoms with E-state index in [-0.39, 0.29) is 18.0 Å². The number of benzene rings is 1. The topological polar surface area (TPSA) is 142 Å². The van der Waals surface area contributed by atoms with Gasteiger partial charge in [0.2, 0.25) is 0 Å². The lowest BCUT2D eigenvalue weighted by molar-refractivity contribution is 0.105. The Balaban J connectivity index is 2.74. The van der Waals surface area contributed by atoms with Crippen molar-refractivity contribution in [3.63, 3.8) is 0 Å². The number of nitrogens with one attached hydrogen (secondary N) is 2. The van der Waals surface area contributed by atoms with Gasteiger partial charge in [0, 0.05) is 12.2 Å². The molecule has 0 spiro atoms. The van der Waals surface area contributed by atoms with Gasteiger partial charge in [-0.15, -0.1) is 0 Å². The predicted octanol–water partition coefficient (Wildman–Crippen LogP) is -1.19. The summed E-state index contributed by atoms with van der Waals surface area (Å²) in [5.41, 5.74) is 5.31. The van der Waals surface area contributed by atoms with Crippen molar-refractivity contribution in [2.75, 3.05) is 18.5 Å². The maximum atomic E-state index is 11.6. The summed E-state index contributed by atoms with van der Waals surface area (Å²) in [4.78, 5) is 10.4. The molecule has 0 aliphatic heterocycles. The number of amides is 2. The van der Waals surface area contributed by atoms with Crippen LogP contribution in [0.5, 0.6) is 0 Å². The van der Waals surface area contributed by atoms with E-state index in [2.05, 4.69) is 5.32 Å². The number of carbonyl (C=O) groups excluding carboxylic acids is 1. The van der Waals surface area contributed by atoms with E-state index in [4.69, 9.17) is 15.9 Å². The number of aliphatic hydroxyl groups excluding tert-OH is 2. The van der Waals surface area contributed by atoms with Gasteiger partial charge in [0.1, 0.15) is 0 Å².